The first-order chi connectivity index (χ1) is 13.7. The zero-order valence-corrected chi connectivity index (χ0v) is 16.8. The third-order valence-corrected chi connectivity index (χ3v) is 5.38. The Balaban J connectivity index is 1.42. The van der Waals surface area contributed by atoms with Gasteiger partial charge in [0, 0.05) is 36.3 Å². The second-order valence-corrected chi connectivity index (χ2v) is 7.64. The Kier molecular flexibility index (Phi) is 7.25. The van der Waals surface area contributed by atoms with Crippen LogP contribution in [-0.2, 0) is 4.79 Å². The van der Waals surface area contributed by atoms with Gasteiger partial charge in [0.15, 0.2) is 5.13 Å². The Morgan fingerprint density at radius 1 is 1.21 bits per heavy atom. The van der Waals surface area contributed by atoms with Crippen molar-refractivity contribution in [2.24, 2.45) is 5.92 Å². The minimum Gasteiger partial charge on any atom is -0.494 e. The van der Waals surface area contributed by atoms with Crippen molar-refractivity contribution in [2.75, 3.05) is 30.3 Å². The summed E-state index contributed by atoms with van der Waals surface area (Å²) >= 11 is 1.40. The number of piperidine rings is 1. The highest BCUT2D eigenvalue weighted by Crippen LogP contribution is 2.22. The molecule has 150 valence electrons. The number of benzene rings is 1. The highest BCUT2D eigenvalue weighted by Gasteiger charge is 2.27. The van der Waals surface area contributed by atoms with E-state index < -0.39 is 0 Å². The number of carbonyl (C=O) groups excluding carboxylic acids is 2. The van der Waals surface area contributed by atoms with Gasteiger partial charge in [0.25, 0.3) is 0 Å². The number of aromatic nitrogens is 1. The van der Waals surface area contributed by atoms with E-state index in [0.29, 0.717) is 37.7 Å². The van der Waals surface area contributed by atoms with Crippen molar-refractivity contribution >= 4 is 34.1 Å². The third kappa shape index (κ3) is 5.69. The molecule has 0 radical (unpaired) electrons. The van der Waals surface area contributed by atoms with Gasteiger partial charge in [-0.25, -0.2) is 9.78 Å². The molecule has 1 saturated heterocycles. The molecular formula is C20H26N4O3S. The molecule has 2 N–H and O–H groups in total. The Morgan fingerprint density at radius 3 is 2.61 bits per heavy atom. The third-order valence-electron chi connectivity index (χ3n) is 4.69. The summed E-state index contributed by atoms with van der Waals surface area (Å²) in [5.74, 6) is 0.694. The molecule has 7 nitrogen and oxygen atoms in total. The van der Waals surface area contributed by atoms with Crippen LogP contribution in [0.15, 0.2) is 35.8 Å². The first-order valence-corrected chi connectivity index (χ1v) is 10.5. The lowest BCUT2D eigenvalue weighted by atomic mass is 9.96. The van der Waals surface area contributed by atoms with E-state index in [2.05, 4.69) is 22.5 Å². The molecule has 8 heteroatoms. The van der Waals surface area contributed by atoms with Crippen LogP contribution in [0.25, 0.3) is 0 Å². The molecule has 2 aromatic rings. The van der Waals surface area contributed by atoms with Gasteiger partial charge in [0.2, 0.25) is 5.91 Å². The van der Waals surface area contributed by atoms with E-state index in [4.69, 9.17) is 4.74 Å². The van der Waals surface area contributed by atoms with Gasteiger partial charge in [-0.1, -0.05) is 13.3 Å². The molecule has 1 fully saturated rings. The first-order valence-electron chi connectivity index (χ1n) is 9.65. The molecule has 0 bridgehead atoms. The summed E-state index contributed by atoms with van der Waals surface area (Å²) in [5, 5.41) is 8.19. The normalized spacial score (nSPS) is 14.5. The highest BCUT2D eigenvalue weighted by molar-refractivity contribution is 7.13. The Hall–Kier alpha value is -2.61. The second kappa shape index (κ2) is 10.1. The highest BCUT2D eigenvalue weighted by atomic mass is 32.1. The Morgan fingerprint density at radius 2 is 1.96 bits per heavy atom. The minimum absolute atomic E-state index is 0.0198. The van der Waals surface area contributed by atoms with Crippen LogP contribution in [0.2, 0.25) is 0 Å². The first kappa shape index (κ1) is 20.1. The lowest BCUT2D eigenvalue weighted by molar-refractivity contribution is -0.121. The number of nitrogens with zero attached hydrogens (tertiary/aromatic N) is 2. The fourth-order valence-corrected chi connectivity index (χ4v) is 3.54. The summed E-state index contributed by atoms with van der Waals surface area (Å²) in [6.07, 6.45) is 5.08. The van der Waals surface area contributed by atoms with Crippen LogP contribution in [0.1, 0.15) is 32.6 Å². The van der Waals surface area contributed by atoms with E-state index in [9.17, 15) is 9.59 Å². The number of amides is 3. The van der Waals surface area contributed by atoms with Crippen LogP contribution in [0.4, 0.5) is 15.6 Å². The maximum absolute atomic E-state index is 12.5. The van der Waals surface area contributed by atoms with Crippen LogP contribution in [0.5, 0.6) is 5.75 Å². The van der Waals surface area contributed by atoms with E-state index in [1.807, 2.05) is 29.6 Å². The molecule has 0 aliphatic carbocycles. The summed E-state index contributed by atoms with van der Waals surface area (Å²) in [6, 6.07) is 7.26. The predicted molar refractivity (Wildman–Crippen MR) is 111 cm³/mol. The number of thiazole rings is 1. The summed E-state index contributed by atoms with van der Waals surface area (Å²) in [5.41, 5.74) is 0.733. The number of anilines is 2. The average Bonchev–Trinajstić information content (AvgIpc) is 3.22. The number of ether oxygens (including phenoxy) is 1. The van der Waals surface area contributed by atoms with E-state index in [1.54, 1.807) is 11.1 Å². The number of urea groups is 1. The van der Waals surface area contributed by atoms with Gasteiger partial charge in [0.1, 0.15) is 5.75 Å². The molecule has 0 unspecified atom stereocenters. The molecule has 3 rings (SSSR count). The van der Waals surface area contributed by atoms with Gasteiger partial charge in [0.05, 0.1) is 6.61 Å². The van der Waals surface area contributed by atoms with Gasteiger partial charge in [-0.05, 0) is 43.5 Å². The SMILES string of the molecule is CCCCOc1ccc(NC(=O)N2CCC(C(=O)Nc3nccs3)CC2)cc1. The molecule has 1 aromatic carbocycles. The second-order valence-electron chi connectivity index (χ2n) is 6.74. The van der Waals surface area contributed by atoms with Crippen molar-refractivity contribution in [3.05, 3.63) is 35.8 Å². The molecule has 1 aliphatic heterocycles. The molecule has 2 heterocycles. The number of unbranched alkanes of at least 4 members (excludes halogenated alkanes) is 1. The molecule has 28 heavy (non-hydrogen) atoms. The lowest BCUT2D eigenvalue weighted by Gasteiger charge is -2.31. The monoisotopic (exact) mass is 402 g/mol. The lowest BCUT2D eigenvalue weighted by Crippen LogP contribution is -2.43. The van der Waals surface area contributed by atoms with Gasteiger partial charge >= 0.3 is 6.03 Å². The maximum atomic E-state index is 12.5. The van der Waals surface area contributed by atoms with Gasteiger partial charge in [-0.15, -0.1) is 11.3 Å². The zero-order chi connectivity index (χ0) is 19.8. The van der Waals surface area contributed by atoms with Crippen molar-refractivity contribution < 1.29 is 14.3 Å². The van der Waals surface area contributed by atoms with Gasteiger partial charge in [-0.2, -0.15) is 0 Å². The molecule has 3 amide bonds. The smallest absolute Gasteiger partial charge is 0.321 e. The van der Waals surface area contributed by atoms with Crippen LogP contribution in [-0.4, -0.2) is 41.5 Å². The number of likely N-dealkylation sites (tertiary alicyclic amines) is 1. The van der Waals surface area contributed by atoms with Crippen LogP contribution in [0.3, 0.4) is 0 Å². The van der Waals surface area contributed by atoms with Crippen molar-refractivity contribution in [3.63, 3.8) is 0 Å². The van der Waals surface area contributed by atoms with E-state index in [-0.39, 0.29) is 17.9 Å². The van der Waals surface area contributed by atoms with Crippen molar-refractivity contribution in [3.8, 4) is 5.75 Å². The molecule has 1 aliphatic rings. The molecule has 0 spiro atoms. The topological polar surface area (TPSA) is 83.6 Å². The summed E-state index contributed by atoms with van der Waals surface area (Å²) in [7, 11) is 0. The quantitative estimate of drug-likeness (QED) is 0.680. The Labute approximate surface area is 169 Å². The van der Waals surface area contributed by atoms with Crippen LogP contribution in [0, 0.1) is 5.92 Å². The van der Waals surface area contributed by atoms with E-state index in [1.165, 1.54) is 11.3 Å². The van der Waals surface area contributed by atoms with E-state index in [0.717, 1.165) is 24.3 Å². The number of rotatable bonds is 7. The molecule has 0 atom stereocenters. The average molecular weight is 403 g/mol. The Bertz CT molecular complexity index is 756. The zero-order valence-electron chi connectivity index (χ0n) is 16.0. The standard InChI is InChI=1S/C20H26N4O3S/c1-2-3-13-27-17-6-4-16(5-7-17)22-20(26)24-11-8-15(9-12-24)18(25)23-19-21-10-14-28-19/h4-7,10,14-15H,2-3,8-9,11-13H2,1H3,(H,22,26)(H,21,23,25). The maximum Gasteiger partial charge on any atom is 0.321 e. The van der Waals surface area contributed by atoms with Crippen molar-refractivity contribution in [1.29, 1.82) is 0 Å². The van der Waals surface area contributed by atoms with Crippen LogP contribution < -0.4 is 15.4 Å². The van der Waals surface area contributed by atoms with Crippen molar-refractivity contribution in [1.82, 2.24) is 9.88 Å². The summed E-state index contributed by atoms with van der Waals surface area (Å²) < 4.78 is 5.63. The molecular weight excluding hydrogens is 376 g/mol. The number of carbonyl (C=O) groups is 2. The molecule has 0 saturated carbocycles. The van der Waals surface area contributed by atoms with Gasteiger partial charge < -0.3 is 20.3 Å². The number of hydrogen-bond donors (Lipinski definition) is 2. The summed E-state index contributed by atoms with van der Waals surface area (Å²) in [6.45, 7) is 3.94. The predicted octanol–water partition coefficient (Wildman–Crippen LogP) is 4.20. The fraction of sp³-hybridized carbons (Fsp3) is 0.450. The van der Waals surface area contributed by atoms with E-state index >= 15 is 0 Å². The van der Waals surface area contributed by atoms with Crippen molar-refractivity contribution in [2.45, 2.75) is 32.6 Å². The number of nitrogens with one attached hydrogen (secondary N) is 2. The largest absolute Gasteiger partial charge is 0.494 e. The minimum atomic E-state index is -0.140. The summed E-state index contributed by atoms with van der Waals surface area (Å²) in [4.78, 5) is 30.6. The fourth-order valence-electron chi connectivity index (χ4n) is 3.01. The number of hydrogen-bond acceptors (Lipinski definition) is 5. The molecule has 1 aromatic heterocycles. The van der Waals surface area contributed by atoms with Crippen LogP contribution >= 0.6 is 11.3 Å². The van der Waals surface area contributed by atoms with Gasteiger partial charge in [-0.3, -0.25) is 4.79 Å².